The average molecular weight is 247 g/mol. The van der Waals surface area contributed by atoms with Crippen LogP contribution in [-0.4, -0.2) is 35.0 Å². The van der Waals surface area contributed by atoms with E-state index >= 15 is 0 Å². The smallest absolute Gasteiger partial charge is 0.326 e. The summed E-state index contributed by atoms with van der Waals surface area (Å²) in [5.74, 6) is -0.179. The Morgan fingerprint density at radius 2 is 1.94 bits per heavy atom. The Morgan fingerprint density at radius 3 is 2.38 bits per heavy atom. The van der Waals surface area contributed by atoms with Crippen molar-refractivity contribution >= 4 is 23.6 Å². The molecular formula is C11H21NO3S. The molecule has 0 fully saturated rings. The fraction of sp³-hybridized carbons (Fsp3) is 0.818. The van der Waals surface area contributed by atoms with Gasteiger partial charge in [-0.1, -0.05) is 13.8 Å². The highest BCUT2D eigenvalue weighted by atomic mass is 32.2. The SMILES string of the molecule is CSCCCCC(=O)N[C@@H](C(=O)O)C(C)C. The van der Waals surface area contributed by atoms with E-state index < -0.39 is 12.0 Å². The molecule has 0 aromatic heterocycles. The number of aliphatic carboxylic acids is 1. The van der Waals surface area contributed by atoms with Gasteiger partial charge in [-0.05, 0) is 30.8 Å². The first kappa shape index (κ1) is 15.3. The molecule has 0 spiro atoms. The summed E-state index contributed by atoms with van der Waals surface area (Å²) in [7, 11) is 0. The molecule has 5 heteroatoms. The first-order valence-electron chi connectivity index (χ1n) is 5.50. The van der Waals surface area contributed by atoms with Gasteiger partial charge in [0, 0.05) is 6.42 Å². The molecule has 0 bridgehead atoms. The Hall–Kier alpha value is -0.710. The summed E-state index contributed by atoms with van der Waals surface area (Å²) in [6.07, 6.45) is 4.25. The molecule has 0 radical (unpaired) electrons. The number of carbonyl (C=O) groups excluding carboxylic acids is 1. The number of carbonyl (C=O) groups is 2. The zero-order valence-corrected chi connectivity index (χ0v) is 11.0. The molecule has 1 amide bonds. The van der Waals surface area contributed by atoms with Crippen molar-refractivity contribution in [3.8, 4) is 0 Å². The van der Waals surface area contributed by atoms with Crippen LogP contribution in [0.25, 0.3) is 0 Å². The highest BCUT2D eigenvalue weighted by Crippen LogP contribution is 2.05. The fourth-order valence-corrected chi connectivity index (χ4v) is 1.78. The minimum atomic E-state index is -0.965. The van der Waals surface area contributed by atoms with Gasteiger partial charge >= 0.3 is 5.97 Å². The van der Waals surface area contributed by atoms with Crippen molar-refractivity contribution in [3.05, 3.63) is 0 Å². The Kier molecular flexibility index (Phi) is 8.07. The molecular weight excluding hydrogens is 226 g/mol. The first-order chi connectivity index (χ1) is 7.49. The summed E-state index contributed by atoms with van der Waals surface area (Å²) in [5.41, 5.74) is 0. The van der Waals surface area contributed by atoms with Crippen LogP contribution < -0.4 is 5.32 Å². The van der Waals surface area contributed by atoms with Crippen LogP contribution in [-0.2, 0) is 9.59 Å². The lowest BCUT2D eigenvalue weighted by atomic mass is 10.0. The first-order valence-corrected chi connectivity index (χ1v) is 6.89. The highest BCUT2D eigenvalue weighted by Gasteiger charge is 2.22. The lowest BCUT2D eigenvalue weighted by Gasteiger charge is -2.17. The lowest BCUT2D eigenvalue weighted by molar-refractivity contribution is -0.143. The van der Waals surface area contributed by atoms with Gasteiger partial charge in [-0.3, -0.25) is 4.79 Å². The zero-order valence-electron chi connectivity index (χ0n) is 10.2. The standard InChI is InChI=1S/C11H21NO3S/c1-8(2)10(11(14)15)12-9(13)6-4-5-7-16-3/h8,10H,4-7H2,1-3H3,(H,12,13)(H,14,15)/t10-/m1/s1. The normalized spacial score (nSPS) is 12.5. The molecule has 94 valence electrons. The van der Waals surface area contributed by atoms with E-state index in [1.54, 1.807) is 25.6 Å². The number of hydrogen-bond donors (Lipinski definition) is 2. The van der Waals surface area contributed by atoms with Crippen LogP contribution in [0.5, 0.6) is 0 Å². The predicted molar refractivity (Wildman–Crippen MR) is 66.6 cm³/mol. The second-order valence-corrected chi connectivity index (χ2v) is 5.06. The Morgan fingerprint density at radius 1 is 1.31 bits per heavy atom. The summed E-state index contributed by atoms with van der Waals surface area (Å²) in [6.45, 7) is 3.57. The Labute approximate surface area is 101 Å². The maximum absolute atomic E-state index is 11.4. The van der Waals surface area contributed by atoms with E-state index in [1.165, 1.54) is 0 Å². The van der Waals surface area contributed by atoms with Gasteiger partial charge in [0.2, 0.25) is 5.91 Å². The zero-order chi connectivity index (χ0) is 12.6. The van der Waals surface area contributed by atoms with Crippen LogP contribution in [0.4, 0.5) is 0 Å². The molecule has 0 rings (SSSR count). The van der Waals surface area contributed by atoms with E-state index in [0.717, 1.165) is 18.6 Å². The molecule has 16 heavy (non-hydrogen) atoms. The molecule has 4 nitrogen and oxygen atoms in total. The van der Waals surface area contributed by atoms with Crippen molar-refractivity contribution in [3.63, 3.8) is 0 Å². The van der Waals surface area contributed by atoms with Crippen LogP contribution in [0.3, 0.4) is 0 Å². The average Bonchev–Trinajstić information content (AvgIpc) is 2.20. The van der Waals surface area contributed by atoms with Crippen molar-refractivity contribution < 1.29 is 14.7 Å². The molecule has 0 aliphatic carbocycles. The van der Waals surface area contributed by atoms with Crippen molar-refractivity contribution in [1.82, 2.24) is 5.32 Å². The van der Waals surface area contributed by atoms with Gasteiger partial charge in [-0.25, -0.2) is 4.79 Å². The Balaban J connectivity index is 3.87. The molecule has 0 unspecified atom stereocenters. The third kappa shape index (κ3) is 6.71. The second-order valence-electron chi connectivity index (χ2n) is 4.08. The molecule has 0 aromatic carbocycles. The highest BCUT2D eigenvalue weighted by molar-refractivity contribution is 7.98. The molecule has 0 aromatic rings. The van der Waals surface area contributed by atoms with Crippen LogP contribution in [0.2, 0.25) is 0 Å². The number of amides is 1. The quantitative estimate of drug-likeness (QED) is 0.641. The second kappa shape index (κ2) is 8.44. The fourth-order valence-electron chi connectivity index (χ4n) is 1.29. The molecule has 0 aliphatic rings. The van der Waals surface area contributed by atoms with E-state index in [0.29, 0.717) is 6.42 Å². The van der Waals surface area contributed by atoms with Crippen molar-refractivity contribution in [2.24, 2.45) is 5.92 Å². The summed E-state index contributed by atoms with van der Waals surface area (Å²) < 4.78 is 0. The van der Waals surface area contributed by atoms with Gasteiger partial charge in [0.05, 0.1) is 0 Å². The Bertz CT molecular complexity index is 231. The summed E-state index contributed by atoms with van der Waals surface area (Å²) in [4.78, 5) is 22.3. The van der Waals surface area contributed by atoms with E-state index in [2.05, 4.69) is 5.32 Å². The summed E-state index contributed by atoms with van der Waals surface area (Å²) in [5, 5.41) is 11.4. The van der Waals surface area contributed by atoms with Gasteiger partial charge in [-0.2, -0.15) is 11.8 Å². The number of unbranched alkanes of at least 4 members (excludes halogenated alkanes) is 1. The minimum Gasteiger partial charge on any atom is -0.480 e. The number of nitrogens with one attached hydrogen (secondary N) is 1. The molecule has 0 saturated carbocycles. The van der Waals surface area contributed by atoms with Gasteiger partial charge < -0.3 is 10.4 Å². The van der Waals surface area contributed by atoms with Gasteiger partial charge in [0.1, 0.15) is 6.04 Å². The molecule has 0 heterocycles. The minimum absolute atomic E-state index is 0.0901. The predicted octanol–water partition coefficient (Wildman–Crippen LogP) is 1.75. The molecule has 2 N–H and O–H groups in total. The topological polar surface area (TPSA) is 66.4 Å². The van der Waals surface area contributed by atoms with Crippen molar-refractivity contribution in [2.45, 2.75) is 39.2 Å². The van der Waals surface area contributed by atoms with Crippen LogP contribution in [0, 0.1) is 5.92 Å². The molecule has 1 atom stereocenters. The van der Waals surface area contributed by atoms with Crippen LogP contribution >= 0.6 is 11.8 Å². The largest absolute Gasteiger partial charge is 0.480 e. The summed E-state index contributed by atoms with van der Waals surface area (Å²) >= 11 is 1.75. The van der Waals surface area contributed by atoms with Crippen LogP contribution in [0.1, 0.15) is 33.1 Å². The van der Waals surface area contributed by atoms with Gasteiger partial charge in [0.15, 0.2) is 0 Å². The third-order valence-corrected chi connectivity index (χ3v) is 2.95. The number of carboxylic acids is 1. The number of carboxylic acid groups (broad SMARTS) is 1. The van der Waals surface area contributed by atoms with E-state index in [9.17, 15) is 9.59 Å². The number of thioether (sulfide) groups is 1. The summed E-state index contributed by atoms with van der Waals surface area (Å²) in [6, 6.07) is -0.770. The number of hydrogen-bond acceptors (Lipinski definition) is 3. The maximum atomic E-state index is 11.4. The van der Waals surface area contributed by atoms with Gasteiger partial charge in [0.25, 0.3) is 0 Å². The van der Waals surface area contributed by atoms with Gasteiger partial charge in [-0.15, -0.1) is 0 Å². The van der Waals surface area contributed by atoms with Crippen LogP contribution in [0.15, 0.2) is 0 Å². The number of rotatable bonds is 8. The lowest BCUT2D eigenvalue weighted by Crippen LogP contribution is -2.44. The molecule has 0 aliphatic heterocycles. The third-order valence-electron chi connectivity index (χ3n) is 2.25. The maximum Gasteiger partial charge on any atom is 0.326 e. The van der Waals surface area contributed by atoms with E-state index in [-0.39, 0.29) is 11.8 Å². The van der Waals surface area contributed by atoms with Crippen molar-refractivity contribution in [2.75, 3.05) is 12.0 Å². The van der Waals surface area contributed by atoms with E-state index in [4.69, 9.17) is 5.11 Å². The van der Waals surface area contributed by atoms with Crippen molar-refractivity contribution in [1.29, 1.82) is 0 Å². The van der Waals surface area contributed by atoms with E-state index in [1.807, 2.05) is 6.26 Å². The monoisotopic (exact) mass is 247 g/mol. The molecule has 0 saturated heterocycles.